The van der Waals surface area contributed by atoms with Crippen LogP contribution in [0.4, 0.5) is 0 Å². The molecule has 0 N–H and O–H groups in total. The van der Waals surface area contributed by atoms with Crippen molar-refractivity contribution in [2.24, 2.45) is 0 Å². The van der Waals surface area contributed by atoms with Gasteiger partial charge in [-0.25, -0.2) is 0 Å². The average Bonchev–Trinajstić information content (AvgIpc) is 3.25. The zero-order valence-electron chi connectivity index (χ0n) is 31.2. The summed E-state index contributed by atoms with van der Waals surface area (Å²) in [6.07, 6.45) is 6.68. The molecule has 3 amide bonds. The molecule has 0 radical (unpaired) electrons. The van der Waals surface area contributed by atoms with Gasteiger partial charge in [0, 0.05) is 89.1 Å². The number of amides is 3. The van der Waals surface area contributed by atoms with Crippen LogP contribution in [-0.4, -0.2) is 86.6 Å². The van der Waals surface area contributed by atoms with Crippen LogP contribution in [0.1, 0.15) is 50.3 Å². The summed E-state index contributed by atoms with van der Waals surface area (Å²) in [6, 6.07) is 35.3. The zero-order valence-corrected chi connectivity index (χ0v) is 34.4. The Labute approximate surface area is 343 Å². The SMILES string of the molecule is CN(C(=O)c1ccc(-c2ccccn2)cc1)C1CC(N(C)C(=O)c2ccc(-c3ccccn3)cc2Br)CC(N(C)C(=O)c2cnc(-c3ccccc3)cc2Br)C1. The van der Waals surface area contributed by atoms with Crippen LogP contribution < -0.4 is 0 Å². The maximum atomic E-state index is 14.2. The largest absolute Gasteiger partial charge is 0.339 e. The van der Waals surface area contributed by atoms with E-state index in [4.69, 9.17) is 0 Å². The smallest absolute Gasteiger partial charge is 0.256 e. The van der Waals surface area contributed by atoms with Gasteiger partial charge in [-0.3, -0.25) is 29.3 Å². The van der Waals surface area contributed by atoms with Gasteiger partial charge in [-0.1, -0.05) is 60.7 Å². The second-order valence-corrected chi connectivity index (χ2v) is 15.7. The van der Waals surface area contributed by atoms with Gasteiger partial charge in [0.2, 0.25) is 0 Å². The molecule has 1 aliphatic carbocycles. The molecule has 0 bridgehead atoms. The standard InChI is InChI=1S/C45H40Br2N6O3/c1-51(43(54)31-17-15-30(16-18-31)40-13-7-9-21-48-40)33-24-34(52(2)44(55)36-20-19-32(23-38(36)46)41-14-8-10-22-49-41)26-35(25-33)53(3)45(56)37-28-50-42(27-39(37)47)29-11-5-4-6-12-29/h4-23,27-28,33-35H,24-26H2,1-3H3. The third-order valence-electron chi connectivity index (χ3n) is 10.6. The number of rotatable bonds is 9. The lowest BCUT2D eigenvalue weighted by molar-refractivity contribution is 0.0365. The molecule has 3 aromatic carbocycles. The number of benzene rings is 3. The first kappa shape index (κ1) is 38.7. The highest BCUT2D eigenvalue weighted by molar-refractivity contribution is 9.10. The molecule has 3 unspecified atom stereocenters. The number of carbonyl (C=O) groups is 3. The van der Waals surface area contributed by atoms with Gasteiger partial charge in [0.15, 0.2) is 0 Å². The molecule has 0 aliphatic heterocycles. The van der Waals surface area contributed by atoms with Crippen molar-refractivity contribution in [3.05, 3.63) is 159 Å². The Kier molecular flexibility index (Phi) is 11.8. The van der Waals surface area contributed by atoms with Crippen LogP contribution in [-0.2, 0) is 0 Å². The first-order chi connectivity index (χ1) is 27.1. The van der Waals surface area contributed by atoms with Crippen LogP contribution in [0.25, 0.3) is 33.8 Å². The summed E-state index contributed by atoms with van der Waals surface area (Å²) in [7, 11) is 5.39. The second-order valence-electron chi connectivity index (χ2n) is 14.0. The van der Waals surface area contributed by atoms with E-state index in [2.05, 4.69) is 46.8 Å². The fraction of sp³-hybridized carbons (Fsp3) is 0.200. The predicted molar refractivity (Wildman–Crippen MR) is 226 cm³/mol. The van der Waals surface area contributed by atoms with Crippen LogP contribution >= 0.6 is 31.9 Å². The van der Waals surface area contributed by atoms with Gasteiger partial charge >= 0.3 is 0 Å². The van der Waals surface area contributed by atoms with Gasteiger partial charge in [-0.15, -0.1) is 0 Å². The number of hydrogen-bond acceptors (Lipinski definition) is 6. The maximum absolute atomic E-state index is 14.2. The van der Waals surface area contributed by atoms with Crippen molar-refractivity contribution in [3.8, 4) is 33.8 Å². The second kappa shape index (κ2) is 17.1. The molecule has 1 saturated carbocycles. The quantitative estimate of drug-likeness (QED) is 0.144. The van der Waals surface area contributed by atoms with Crippen molar-refractivity contribution in [1.29, 1.82) is 0 Å². The summed E-state index contributed by atoms with van der Waals surface area (Å²) in [5, 5.41) is 0. The van der Waals surface area contributed by atoms with Crippen molar-refractivity contribution in [2.75, 3.05) is 21.1 Å². The average molecular weight is 873 g/mol. The summed E-state index contributed by atoms with van der Waals surface area (Å²) >= 11 is 7.29. The van der Waals surface area contributed by atoms with Crippen molar-refractivity contribution >= 4 is 49.6 Å². The molecule has 1 aliphatic rings. The van der Waals surface area contributed by atoms with Gasteiger partial charge in [-0.2, -0.15) is 0 Å². The molecule has 9 nitrogen and oxygen atoms in total. The lowest BCUT2D eigenvalue weighted by Gasteiger charge is -2.45. The van der Waals surface area contributed by atoms with Crippen molar-refractivity contribution < 1.29 is 14.4 Å². The van der Waals surface area contributed by atoms with E-state index in [1.165, 1.54) is 0 Å². The minimum absolute atomic E-state index is 0.138. The summed E-state index contributed by atoms with van der Waals surface area (Å²) in [4.78, 5) is 61.2. The molecule has 56 heavy (non-hydrogen) atoms. The first-order valence-electron chi connectivity index (χ1n) is 18.3. The Balaban J connectivity index is 1.15. The molecule has 11 heteroatoms. The minimum Gasteiger partial charge on any atom is -0.339 e. The van der Waals surface area contributed by atoms with Crippen LogP contribution in [0.15, 0.2) is 143 Å². The topological polar surface area (TPSA) is 99.6 Å². The van der Waals surface area contributed by atoms with E-state index < -0.39 is 0 Å². The number of halogens is 2. The van der Waals surface area contributed by atoms with Gasteiger partial charge in [0.05, 0.1) is 28.2 Å². The molecule has 3 heterocycles. The van der Waals surface area contributed by atoms with E-state index in [9.17, 15) is 14.4 Å². The fourth-order valence-corrected chi connectivity index (χ4v) is 8.35. The molecule has 7 rings (SSSR count). The first-order valence-corrected chi connectivity index (χ1v) is 19.9. The van der Waals surface area contributed by atoms with E-state index in [-0.39, 0.29) is 35.8 Å². The Bertz CT molecular complexity index is 2230. The Morgan fingerprint density at radius 2 is 0.982 bits per heavy atom. The summed E-state index contributed by atoms with van der Waals surface area (Å²) < 4.78 is 1.30. The van der Waals surface area contributed by atoms with E-state index in [1.54, 1.807) is 54.4 Å². The highest BCUT2D eigenvalue weighted by Gasteiger charge is 2.39. The Morgan fingerprint density at radius 1 is 0.500 bits per heavy atom. The van der Waals surface area contributed by atoms with Crippen LogP contribution in [0, 0.1) is 0 Å². The molecule has 0 spiro atoms. The van der Waals surface area contributed by atoms with Gasteiger partial charge in [0.1, 0.15) is 0 Å². The van der Waals surface area contributed by atoms with E-state index >= 15 is 0 Å². The summed E-state index contributed by atoms with van der Waals surface area (Å²) in [5.41, 5.74) is 6.63. The van der Waals surface area contributed by atoms with Crippen molar-refractivity contribution in [3.63, 3.8) is 0 Å². The number of hydrogen-bond donors (Lipinski definition) is 0. The fourth-order valence-electron chi connectivity index (χ4n) is 7.31. The molecule has 282 valence electrons. The van der Waals surface area contributed by atoms with Gasteiger partial charge < -0.3 is 14.7 Å². The number of pyridine rings is 3. The molecule has 3 aromatic heterocycles. The molecular weight excluding hydrogens is 832 g/mol. The highest BCUT2D eigenvalue weighted by Crippen LogP contribution is 2.34. The monoisotopic (exact) mass is 870 g/mol. The van der Waals surface area contributed by atoms with Crippen LogP contribution in [0.2, 0.25) is 0 Å². The van der Waals surface area contributed by atoms with Crippen molar-refractivity contribution in [1.82, 2.24) is 29.7 Å². The third kappa shape index (κ3) is 8.34. The lowest BCUT2D eigenvalue weighted by atomic mass is 9.84. The molecule has 3 atom stereocenters. The Hall–Kier alpha value is -5.52. The van der Waals surface area contributed by atoms with Crippen LogP contribution in [0.3, 0.4) is 0 Å². The zero-order chi connectivity index (χ0) is 39.3. The van der Waals surface area contributed by atoms with Crippen LogP contribution in [0.5, 0.6) is 0 Å². The van der Waals surface area contributed by atoms with Gasteiger partial charge in [-0.05, 0) is 106 Å². The third-order valence-corrected chi connectivity index (χ3v) is 12.0. The summed E-state index contributed by atoms with van der Waals surface area (Å²) in [6.45, 7) is 0. The molecular formula is C45H40Br2N6O3. The maximum Gasteiger partial charge on any atom is 0.256 e. The lowest BCUT2D eigenvalue weighted by Crippen LogP contribution is -2.54. The Morgan fingerprint density at radius 3 is 1.52 bits per heavy atom. The molecule has 6 aromatic rings. The van der Waals surface area contributed by atoms with Gasteiger partial charge in [0.25, 0.3) is 17.7 Å². The number of carbonyl (C=O) groups excluding carboxylic acids is 3. The highest BCUT2D eigenvalue weighted by atomic mass is 79.9. The summed E-state index contributed by atoms with van der Waals surface area (Å²) in [5.74, 6) is -0.499. The van der Waals surface area contributed by atoms with E-state index in [1.807, 2.05) is 115 Å². The predicted octanol–water partition coefficient (Wildman–Crippen LogP) is 9.30. The molecule has 0 saturated heterocycles. The number of nitrogens with zero attached hydrogens (tertiary/aromatic N) is 6. The molecule has 1 fully saturated rings. The van der Waals surface area contributed by atoms with Crippen molar-refractivity contribution in [2.45, 2.75) is 37.4 Å². The minimum atomic E-state index is -0.293. The normalized spacial score (nSPS) is 16.5. The van der Waals surface area contributed by atoms with E-state index in [0.717, 1.165) is 33.8 Å². The number of aromatic nitrogens is 3. The van der Waals surface area contributed by atoms with E-state index in [0.29, 0.717) is 44.9 Å².